The van der Waals surface area contributed by atoms with Crippen LogP contribution in [0.1, 0.15) is 27.2 Å². The molecular formula is C11H19NO. The second-order valence-electron chi connectivity index (χ2n) is 5.29. The quantitative estimate of drug-likeness (QED) is 0.567. The molecule has 0 aromatic rings. The van der Waals surface area contributed by atoms with Gasteiger partial charge in [0.05, 0.1) is 13.2 Å². The monoisotopic (exact) mass is 181 g/mol. The van der Waals surface area contributed by atoms with Gasteiger partial charge in [-0.2, -0.15) is 0 Å². The van der Waals surface area contributed by atoms with E-state index >= 15 is 0 Å². The van der Waals surface area contributed by atoms with Crippen LogP contribution < -0.4 is 0 Å². The standard InChI is InChI=1S/C11H19NO/c1-10(2,3)12-6-4-11(5-7-12)8-13-9-11/h4,6H,5,7-9H2,1-3H3. The molecule has 2 aliphatic heterocycles. The van der Waals surface area contributed by atoms with E-state index < -0.39 is 0 Å². The van der Waals surface area contributed by atoms with E-state index in [2.05, 4.69) is 37.9 Å². The van der Waals surface area contributed by atoms with Crippen molar-refractivity contribution in [2.45, 2.75) is 32.7 Å². The molecule has 0 amide bonds. The molecule has 0 saturated carbocycles. The Hall–Kier alpha value is -0.500. The van der Waals surface area contributed by atoms with Crippen LogP contribution in [0.4, 0.5) is 0 Å². The van der Waals surface area contributed by atoms with Crippen molar-refractivity contribution in [2.24, 2.45) is 5.41 Å². The van der Waals surface area contributed by atoms with Crippen molar-refractivity contribution >= 4 is 0 Å². The molecule has 0 aromatic heterocycles. The van der Waals surface area contributed by atoms with E-state index in [0.717, 1.165) is 13.2 Å². The molecule has 0 bridgehead atoms. The zero-order chi connectivity index (χ0) is 9.53. The Balaban J connectivity index is 2.04. The summed E-state index contributed by atoms with van der Waals surface area (Å²) in [6, 6.07) is 0. The van der Waals surface area contributed by atoms with Crippen molar-refractivity contribution in [1.29, 1.82) is 0 Å². The first-order valence-electron chi connectivity index (χ1n) is 5.06. The fourth-order valence-corrected chi connectivity index (χ4v) is 1.91. The normalized spacial score (nSPS) is 26.2. The molecule has 0 aliphatic carbocycles. The van der Waals surface area contributed by atoms with Gasteiger partial charge < -0.3 is 9.64 Å². The third kappa shape index (κ3) is 1.60. The molecule has 13 heavy (non-hydrogen) atoms. The Bertz CT molecular complexity index is 223. The SMILES string of the molecule is CC(C)(C)N1C=CC2(CC1)COC2. The molecule has 0 atom stereocenters. The van der Waals surface area contributed by atoms with E-state index in [0.29, 0.717) is 5.41 Å². The molecule has 2 rings (SSSR count). The molecule has 0 unspecified atom stereocenters. The van der Waals surface area contributed by atoms with Crippen LogP contribution >= 0.6 is 0 Å². The first-order valence-corrected chi connectivity index (χ1v) is 5.06. The summed E-state index contributed by atoms with van der Waals surface area (Å²) in [5.41, 5.74) is 0.671. The summed E-state index contributed by atoms with van der Waals surface area (Å²) >= 11 is 0. The van der Waals surface area contributed by atoms with Crippen LogP contribution in [-0.4, -0.2) is 30.2 Å². The summed E-state index contributed by atoms with van der Waals surface area (Å²) in [4.78, 5) is 2.41. The largest absolute Gasteiger partial charge is 0.379 e. The van der Waals surface area contributed by atoms with E-state index in [9.17, 15) is 0 Å². The Morgan fingerprint density at radius 2 is 2.00 bits per heavy atom. The number of nitrogens with zero attached hydrogens (tertiary/aromatic N) is 1. The molecule has 0 aromatic carbocycles. The minimum Gasteiger partial charge on any atom is -0.379 e. The Morgan fingerprint density at radius 1 is 1.31 bits per heavy atom. The molecule has 2 heteroatoms. The first-order chi connectivity index (χ1) is 6.02. The van der Waals surface area contributed by atoms with E-state index in [4.69, 9.17) is 4.74 Å². The highest BCUT2D eigenvalue weighted by Crippen LogP contribution is 2.37. The third-order valence-electron chi connectivity index (χ3n) is 3.10. The van der Waals surface area contributed by atoms with Gasteiger partial charge in [0, 0.05) is 17.5 Å². The van der Waals surface area contributed by atoms with Crippen LogP contribution in [0.3, 0.4) is 0 Å². The van der Waals surface area contributed by atoms with Gasteiger partial charge in [0.1, 0.15) is 0 Å². The predicted molar refractivity (Wildman–Crippen MR) is 53.5 cm³/mol. The zero-order valence-electron chi connectivity index (χ0n) is 8.84. The van der Waals surface area contributed by atoms with Gasteiger partial charge in [-0.25, -0.2) is 0 Å². The van der Waals surface area contributed by atoms with Crippen molar-refractivity contribution in [1.82, 2.24) is 4.90 Å². The third-order valence-corrected chi connectivity index (χ3v) is 3.10. The second kappa shape index (κ2) is 2.74. The van der Waals surface area contributed by atoms with E-state index in [1.54, 1.807) is 0 Å². The summed E-state index contributed by atoms with van der Waals surface area (Å²) in [6.45, 7) is 9.80. The molecule has 1 spiro atoms. The number of hydrogen-bond donors (Lipinski definition) is 0. The van der Waals surface area contributed by atoms with Gasteiger partial charge in [0.25, 0.3) is 0 Å². The maximum absolute atomic E-state index is 5.27. The molecule has 1 fully saturated rings. The van der Waals surface area contributed by atoms with E-state index in [1.807, 2.05) is 0 Å². The van der Waals surface area contributed by atoms with Crippen LogP contribution in [0, 0.1) is 5.41 Å². The van der Waals surface area contributed by atoms with Gasteiger partial charge in [-0.1, -0.05) is 6.08 Å². The summed E-state index contributed by atoms with van der Waals surface area (Å²) < 4.78 is 5.27. The van der Waals surface area contributed by atoms with Crippen LogP contribution in [0.2, 0.25) is 0 Å². The van der Waals surface area contributed by atoms with Crippen molar-refractivity contribution < 1.29 is 4.74 Å². The van der Waals surface area contributed by atoms with Crippen LogP contribution in [0.25, 0.3) is 0 Å². The van der Waals surface area contributed by atoms with Crippen LogP contribution in [0.15, 0.2) is 12.3 Å². The number of ether oxygens (including phenoxy) is 1. The van der Waals surface area contributed by atoms with Gasteiger partial charge in [-0.3, -0.25) is 0 Å². The van der Waals surface area contributed by atoms with Crippen molar-refractivity contribution in [3.8, 4) is 0 Å². The smallest absolute Gasteiger partial charge is 0.0580 e. The first kappa shape index (κ1) is 9.07. The molecule has 74 valence electrons. The van der Waals surface area contributed by atoms with E-state index in [-0.39, 0.29) is 5.54 Å². The number of rotatable bonds is 0. The van der Waals surface area contributed by atoms with Gasteiger partial charge in [0.2, 0.25) is 0 Å². The molecule has 0 radical (unpaired) electrons. The minimum absolute atomic E-state index is 0.267. The zero-order valence-corrected chi connectivity index (χ0v) is 8.84. The van der Waals surface area contributed by atoms with Gasteiger partial charge in [-0.05, 0) is 33.4 Å². The molecule has 1 saturated heterocycles. The lowest BCUT2D eigenvalue weighted by Gasteiger charge is -2.47. The topological polar surface area (TPSA) is 12.5 Å². The average Bonchev–Trinajstić information content (AvgIpc) is 2.00. The average molecular weight is 181 g/mol. The number of hydrogen-bond acceptors (Lipinski definition) is 2. The van der Waals surface area contributed by atoms with Crippen LogP contribution in [-0.2, 0) is 4.74 Å². The van der Waals surface area contributed by atoms with Crippen molar-refractivity contribution in [2.75, 3.05) is 19.8 Å². The lowest BCUT2D eigenvalue weighted by atomic mass is 9.80. The van der Waals surface area contributed by atoms with Crippen molar-refractivity contribution in [3.05, 3.63) is 12.3 Å². The summed E-state index contributed by atoms with van der Waals surface area (Å²) in [7, 11) is 0. The highest BCUT2D eigenvalue weighted by molar-refractivity contribution is 5.09. The van der Waals surface area contributed by atoms with Gasteiger partial charge in [0.15, 0.2) is 0 Å². The Morgan fingerprint density at radius 3 is 2.31 bits per heavy atom. The fraction of sp³-hybridized carbons (Fsp3) is 0.818. The minimum atomic E-state index is 0.267. The summed E-state index contributed by atoms with van der Waals surface area (Å²) in [5.74, 6) is 0. The molecule has 2 nitrogen and oxygen atoms in total. The van der Waals surface area contributed by atoms with E-state index in [1.165, 1.54) is 13.0 Å². The highest BCUT2D eigenvalue weighted by atomic mass is 16.5. The molecule has 2 aliphatic rings. The summed E-state index contributed by atoms with van der Waals surface area (Å²) in [5, 5.41) is 0. The Kier molecular flexibility index (Phi) is 1.91. The second-order valence-corrected chi connectivity index (χ2v) is 5.29. The maximum Gasteiger partial charge on any atom is 0.0580 e. The highest BCUT2D eigenvalue weighted by Gasteiger charge is 2.39. The van der Waals surface area contributed by atoms with Gasteiger partial charge in [-0.15, -0.1) is 0 Å². The van der Waals surface area contributed by atoms with Crippen molar-refractivity contribution in [3.63, 3.8) is 0 Å². The Labute approximate surface area is 80.6 Å². The van der Waals surface area contributed by atoms with Crippen LogP contribution in [0.5, 0.6) is 0 Å². The lowest BCUT2D eigenvalue weighted by molar-refractivity contribution is -0.0959. The predicted octanol–water partition coefficient (Wildman–Crippen LogP) is 2.02. The summed E-state index contributed by atoms with van der Waals surface area (Å²) in [6.07, 6.45) is 5.85. The molecule has 0 N–H and O–H groups in total. The fourth-order valence-electron chi connectivity index (χ4n) is 1.91. The van der Waals surface area contributed by atoms with Gasteiger partial charge >= 0.3 is 0 Å². The maximum atomic E-state index is 5.27. The molecule has 2 heterocycles. The molecular weight excluding hydrogens is 162 g/mol. The lowest BCUT2D eigenvalue weighted by Crippen LogP contribution is -2.49.